The number of hydrogen-bond acceptors (Lipinski definition) is 0. The Labute approximate surface area is 379 Å². The SMILES string of the molecule is FC(F)(F)C(F)(F)C(F)(F)C(F)(F)C(F)(F)C(F)(F)[Si](C(F)(F)C(F)(F)C(F)(F)C(F)(F)C(F)(F)C(F)(F)F)(C(F)(F)C(F)(F)C(F)(F)C(F)(F)C(F)(F)C(F)(F)F)C(F)(F)C(F)(F)C(F)(F)C(F)(F)C(F)(F)C(F)(F)F. The van der Waals surface area contributed by atoms with E-state index in [0.29, 0.717) is 0 Å². The van der Waals surface area contributed by atoms with Gasteiger partial charge in [0.25, 0.3) is 0 Å². The quantitative estimate of drug-likeness (QED) is 0.0842. The summed E-state index contributed by atoms with van der Waals surface area (Å²) in [4.78, 5) is 0. The Morgan fingerprint density at radius 2 is 0.182 bits per heavy atom. The van der Waals surface area contributed by atoms with Crippen LogP contribution in [0.1, 0.15) is 0 Å². The summed E-state index contributed by atoms with van der Waals surface area (Å²) >= 11 is 0. The third-order valence-electron chi connectivity index (χ3n) is 9.62. The van der Waals surface area contributed by atoms with Crippen LogP contribution >= 0.6 is 0 Å². The second-order valence-electron chi connectivity index (χ2n) is 14.2. The first-order chi connectivity index (χ1) is 32.0. The van der Waals surface area contributed by atoms with Gasteiger partial charge in [-0.15, -0.1) is 0 Å². The molecule has 0 aromatic heterocycles. The van der Waals surface area contributed by atoms with Crippen molar-refractivity contribution >= 4 is 8.07 Å². The van der Waals surface area contributed by atoms with Crippen LogP contribution in [0, 0.1) is 0 Å². The second kappa shape index (κ2) is 17.3. The predicted molar refractivity (Wildman–Crippen MR) is 129 cm³/mol. The fraction of sp³-hybridized carbons (Fsp3) is 1.00. The summed E-state index contributed by atoms with van der Waals surface area (Å²) in [5, 5.41) is 0. The molecule has 0 fully saturated rings. The van der Waals surface area contributed by atoms with Gasteiger partial charge in [0.15, 0.2) is 0 Å². The van der Waals surface area contributed by atoms with Crippen molar-refractivity contribution in [3.8, 4) is 0 Å². The average molecular weight is 1300 g/mol. The van der Waals surface area contributed by atoms with E-state index in [9.17, 15) is 158 Å². The van der Waals surface area contributed by atoms with Gasteiger partial charge in [-0.3, -0.25) is 0 Å². The molecular weight excluding hydrogens is 1300 g/mol. The third kappa shape index (κ3) is 8.00. The van der Waals surface area contributed by atoms with E-state index in [1.54, 1.807) is 0 Å². The molecule has 0 nitrogen and oxygen atoms in total. The number of halogens is 52. The smallest absolute Gasteiger partial charge is 0.204 e. The van der Waals surface area contributed by atoms with Gasteiger partial charge in [-0.25, -0.2) is 35.1 Å². The van der Waals surface area contributed by atoms with Crippen molar-refractivity contribution in [2.45, 2.75) is 142 Å². The zero-order chi connectivity index (χ0) is 64.5. The first kappa shape index (κ1) is 73.6. The van der Waals surface area contributed by atoms with Crippen molar-refractivity contribution in [1.82, 2.24) is 0 Å². The number of hydrogen-bond donors (Lipinski definition) is 0. The zero-order valence-electron chi connectivity index (χ0n) is 32.2. The molecule has 0 heterocycles. The molecule has 0 saturated heterocycles. The molecule has 0 amide bonds. The summed E-state index contributed by atoms with van der Waals surface area (Å²) in [6.07, 6.45) is -37.6. The molecular formula is C24F52Si. The van der Waals surface area contributed by atoms with E-state index in [4.69, 9.17) is 0 Å². The van der Waals surface area contributed by atoms with E-state index in [1.807, 2.05) is 0 Å². The minimum Gasteiger partial charge on any atom is -0.204 e. The average Bonchev–Trinajstić information content (AvgIpc) is 3.14. The summed E-state index contributed by atoms with van der Waals surface area (Å²) in [6, 6.07) is 0. The Bertz CT molecular complexity index is 1820. The molecule has 0 rings (SSSR count). The number of rotatable bonds is 20. The van der Waals surface area contributed by atoms with Crippen molar-refractivity contribution in [3.63, 3.8) is 0 Å². The Balaban J connectivity index is 11.5. The van der Waals surface area contributed by atoms with E-state index >= 15 is 70.2 Å². The fourth-order valence-electron chi connectivity index (χ4n) is 5.20. The van der Waals surface area contributed by atoms with Gasteiger partial charge < -0.3 is 0 Å². The first-order valence-electron chi connectivity index (χ1n) is 15.8. The summed E-state index contributed by atoms with van der Waals surface area (Å²) in [7, 11) is -17.1. The highest BCUT2D eigenvalue weighted by atomic mass is 28.3. The molecule has 0 saturated carbocycles. The Kier molecular flexibility index (Phi) is 16.5. The monoisotopic (exact) mass is 1300 g/mol. The molecule has 0 aliphatic rings. The van der Waals surface area contributed by atoms with Gasteiger partial charge in [0.1, 0.15) is 0 Å². The molecule has 0 radical (unpaired) electrons. The fourth-order valence-corrected chi connectivity index (χ4v) is 10.1. The van der Waals surface area contributed by atoms with Crippen LogP contribution in [-0.4, -0.2) is 150 Å². The molecule has 0 bridgehead atoms. The highest BCUT2D eigenvalue weighted by Gasteiger charge is 3.14. The van der Waals surface area contributed by atoms with Crippen molar-refractivity contribution < 1.29 is 228 Å². The lowest BCUT2D eigenvalue weighted by Crippen LogP contribution is -2.98. The predicted octanol–water partition coefficient (Wildman–Crippen LogP) is 16.5. The maximum Gasteiger partial charge on any atom is 0.460 e. The molecule has 464 valence electrons. The second-order valence-corrected chi connectivity index (χ2v) is 18.2. The van der Waals surface area contributed by atoms with Crippen LogP contribution in [0.15, 0.2) is 0 Å². The molecule has 0 N–H and O–H groups in total. The van der Waals surface area contributed by atoms with Gasteiger partial charge in [0.05, 0.1) is 0 Å². The van der Waals surface area contributed by atoms with Crippen LogP contribution in [0.5, 0.6) is 0 Å². The van der Waals surface area contributed by atoms with E-state index in [2.05, 4.69) is 0 Å². The molecule has 0 aliphatic carbocycles. The molecule has 77 heavy (non-hydrogen) atoms. The molecule has 0 aliphatic heterocycles. The minimum absolute atomic E-state index is 9.41. The van der Waals surface area contributed by atoms with Gasteiger partial charge in [-0.2, -0.15) is 193 Å². The highest BCUT2D eigenvalue weighted by molar-refractivity contribution is 6.89. The topological polar surface area (TPSA) is 0 Å². The van der Waals surface area contributed by atoms with E-state index in [-0.39, 0.29) is 0 Å². The molecule has 0 unspecified atom stereocenters. The summed E-state index contributed by atoms with van der Waals surface area (Å²) in [5.41, 5.74) is -52.6. The maximum absolute atomic E-state index is 17.1. The lowest BCUT2D eigenvalue weighted by molar-refractivity contribution is -0.451. The van der Waals surface area contributed by atoms with Crippen LogP contribution in [0.4, 0.5) is 228 Å². The molecule has 0 aromatic carbocycles. The summed E-state index contributed by atoms with van der Waals surface area (Å²) in [6.45, 7) is 0. The summed E-state index contributed by atoms with van der Waals surface area (Å²) < 4.78 is 734. The van der Waals surface area contributed by atoms with Gasteiger partial charge in [-0.1, -0.05) is 0 Å². The Morgan fingerprint density at radius 3 is 0.260 bits per heavy atom. The molecule has 53 heteroatoms. The number of alkyl halides is 52. The first-order valence-corrected chi connectivity index (χ1v) is 17.8. The normalized spacial score (nSPS) is 17.6. The van der Waals surface area contributed by atoms with Gasteiger partial charge in [-0.05, 0) is 0 Å². The van der Waals surface area contributed by atoms with Crippen LogP contribution in [-0.2, 0) is 0 Å². The van der Waals surface area contributed by atoms with E-state index in [1.165, 1.54) is 0 Å². The Morgan fingerprint density at radius 1 is 0.104 bits per heavy atom. The highest BCUT2D eigenvalue weighted by Crippen LogP contribution is 2.77. The van der Waals surface area contributed by atoms with Crippen LogP contribution in [0.2, 0.25) is 0 Å². The van der Waals surface area contributed by atoms with Crippen LogP contribution in [0.3, 0.4) is 0 Å². The van der Waals surface area contributed by atoms with Crippen molar-refractivity contribution in [1.29, 1.82) is 0 Å². The zero-order valence-corrected chi connectivity index (χ0v) is 33.2. The van der Waals surface area contributed by atoms with Gasteiger partial charge >= 0.3 is 150 Å². The Hall–Kier alpha value is -3.42. The lowest BCUT2D eigenvalue weighted by atomic mass is 9.97. The third-order valence-corrected chi connectivity index (χ3v) is 14.6. The molecule has 0 atom stereocenters. The van der Waals surface area contributed by atoms with Crippen LogP contribution < -0.4 is 0 Å². The van der Waals surface area contributed by atoms with Gasteiger partial charge in [0, 0.05) is 0 Å². The lowest BCUT2D eigenvalue weighted by Gasteiger charge is -2.57. The largest absolute Gasteiger partial charge is 0.460 e. The van der Waals surface area contributed by atoms with Crippen molar-refractivity contribution in [2.24, 2.45) is 0 Å². The van der Waals surface area contributed by atoms with Crippen molar-refractivity contribution in [2.75, 3.05) is 0 Å². The summed E-state index contributed by atoms with van der Waals surface area (Å²) in [5.74, 6) is -180. The minimum atomic E-state index is -17.1. The van der Waals surface area contributed by atoms with E-state index < -0.39 is 150 Å². The standard InChI is InChI=1S/C24F52Si/c25-1(26,9(41,42)17(57,58)59)5(33,34)13(49,50)21(69,70)77(22(71,72)14(51,52)6(35,36)2(27,28)10(43,44)18(60,61)62,23(73,74)15(53,54)7(37,38)3(29,30)11(45,46)19(63,64)65)24(75,76)16(55,56)8(39,40)4(31,32)12(47,48)20(66,67)68. The van der Waals surface area contributed by atoms with Crippen LogP contribution in [0.25, 0.3) is 0 Å². The molecule has 0 aromatic rings. The van der Waals surface area contributed by atoms with E-state index in [0.717, 1.165) is 0 Å². The molecule has 0 spiro atoms. The maximum atomic E-state index is 15.9. The van der Waals surface area contributed by atoms with Gasteiger partial charge in [0.2, 0.25) is 0 Å². The van der Waals surface area contributed by atoms with Crippen molar-refractivity contribution in [3.05, 3.63) is 0 Å².